The molecular weight excluding hydrogens is 274 g/mol. The summed E-state index contributed by atoms with van der Waals surface area (Å²) in [5, 5.41) is 2.25. The summed E-state index contributed by atoms with van der Waals surface area (Å²) in [7, 11) is 0. The molecule has 0 aliphatic carbocycles. The molecule has 1 rings (SSSR count). The quantitative estimate of drug-likeness (QED) is 0.661. The van der Waals surface area contributed by atoms with Crippen molar-refractivity contribution in [2.24, 2.45) is 0 Å². The Balaban J connectivity index is 2.83. The van der Waals surface area contributed by atoms with E-state index in [-0.39, 0.29) is 18.0 Å². The number of anilines is 1. The molecule has 0 radical (unpaired) electrons. The maximum Gasteiger partial charge on any atom is 0.419 e. The third-order valence-corrected chi connectivity index (χ3v) is 2.36. The number of hydrogen-bond donors (Lipinski definition) is 1. The van der Waals surface area contributed by atoms with Gasteiger partial charge in [-0.15, -0.1) is 11.6 Å². The lowest BCUT2D eigenvalue weighted by Crippen LogP contribution is -2.13. The van der Waals surface area contributed by atoms with Gasteiger partial charge in [0.15, 0.2) is 0 Å². The first-order chi connectivity index (χ1) is 8.34. The highest BCUT2D eigenvalue weighted by atomic mass is 35.5. The maximum atomic E-state index is 13.0. The fourth-order valence-electron chi connectivity index (χ4n) is 1.27. The van der Waals surface area contributed by atoms with E-state index < -0.39 is 23.5 Å². The second kappa shape index (κ2) is 6.04. The maximum absolute atomic E-state index is 13.0. The molecule has 1 N–H and O–H groups in total. The first kappa shape index (κ1) is 14.8. The predicted molar refractivity (Wildman–Crippen MR) is 60.0 cm³/mol. The van der Waals surface area contributed by atoms with Crippen LogP contribution in [0.15, 0.2) is 18.2 Å². The van der Waals surface area contributed by atoms with Crippen LogP contribution in [0.1, 0.15) is 18.4 Å². The smallest absolute Gasteiger partial charge is 0.326 e. The topological polar surface area (TPSA) is 29.1 Å². The number of halogens is 5. The van der Waals surface area contributed by atoms with Crippen molar-refractivity contribution in [2.45, 2.75) is 19.0 Å². The number of carbonyl (C=O) groups excluding carboxylic acids is 1. The van der Waals surface area contributed by atoms with Crippen molar-refractivity contribution in [2.75, 3.05) is 11.2 Å². The Morgan fingerprint density at radius 2 is 2.00 bits per heavy atom. The molecule has 1 aromatic rings. The molecule has 0 aromatic heterocycles. The fourth-order valence-corrected chi connectivity index (χ4v) is 1.40. The molecule has 18 heavy (non-hydrogen) atoms. The summed E-state index contributed by atoms with van der Waals surface area (Å²) in [6, 6.07) is 2.30. The number of rotatable bonds is 4. The minimum Gasteiger partial charge on any atom is -0.326 e. The molecular formula is C11H10ClF4NO. The summed E-state index contributed by atoms with van der Waals surface area (Å²) in [5.74, 6) is -1.55. The molecule has 0 unspecified atom stereocenters. The van der Waals surface area contributed by atoms with Gasteiger partial charge in [0.1, 0.15) is 5.82 Å². The molecule has 1 amide bonds. The van der Waals surface area contributed by atoms with E-state index in [2.05, 4.69) is 5.32 Å². The van der Waals surface area contributed by atoms with E-state index in [4.69, 9.17) is 11.6 Å². The van der Waals surface area contributed by atoms with Crippen LogP contribution < -0.4 is 5.32 Å². The van der Waals surface area contributed by atoms with E-state index in [0.29, 0.717) is 18.6 Å². The van der Waals surface area contributed by atoms with Gasteiger partial charge in [-0.05, 0) is 24.6 Å². The van der Waals surface area contributed by atoms with E-state index >= 15 is 0 Å². The Morgan fingerprint density at radius 1 is 1.33 bits per heavy atom. The molecule has 1 aromatic carbocycles. The predicted octanol–water partition coefficient (Wildman–Crippen LogP) is 3.80. The Bertz CT molecular complexity index is 434. The molecule has 0 aliphatic heterocycles. The summed E-state index contributed by atoms with van der Waals surface area (Å²) >= 11 is 5.38. The number of amides is 1. The van der Waals surface area contributed by atoms with Gasteiger partial charge in [-0.1, -0.05) is 0 Å². The third-order valence-electron chi connectivity index (χ3n) is 2.09. The van der Waals surface area contributed by atoms with Crippen LogP contribution in [0.3, 0.4) is 0 Å². The van der Waals surface area contributed by atoms with Gasteiger partial charge >= 0.3 is 6.18 Å². The van der Waals surface area contributed by atoms with Crippen molar-refractivity contribution >= 4 is 23.2 Å². The van der Waals surface area contributed by atoms with E-state index in [1.54, 1.807) is 0 Å². The van der Waals surface area contributed by atoms with Crippen LogP contribution in [0.4, 0.5) is 23.2 Å². The number of hydrogen-bond acceptors (Lipinski definition) is 1. The van der Waals surface area contributed by atoms with Crippen LogP contribution in [-0.2, 0) is 11.0 Å². The highest BCUT2D eigenvalue weighted by Gasteiger charge is 2.34. The molecule has 0 bridgehead atoms. The molecule has 0 spiro atoms. The van der Waals surface area contributed by atoms with Crippen LogP contribution >= 0.6 is 11.6 Å². The van der Waals surface area contributed by atoms with Gasteiger partial charge < -0.3 is 5.32 Å². The van der Waals surface area contributed by atoms with Crippen LogP contribution in [0.2, 0.25) is 0 Å². The van der Waals surface area contributed by atoms with Gasteiger partial charge in [0.2, 0.25) is 5.91 Å². The first-order valence-corrected chi connectivity index (χ1v) is 5.60. The van der Waals surface area contributed by atoms with E-state index in [0.717, 1.165) is 6.07 Å². The zero-order chi connectivity index (χ0) is 13.8. The van der Waals surface area contributed by atoms with Crippen LogP contribution in [0.25, 0.3) is 0 Å². The lowest BCUT2D eigenvalue weighted by Gasteiger charge is -2.10. The normalized spacial score (nSPS) is 11.4. The minimum absolute atomic E-state index is 0.0942. The summed E-state index contributed by atoms with van der Waals surface area (Å²) in [6.07, 6.45) is -4.27. The minimum atomic E-state index is -4.79. The van der Waals surface area contributed by atoms with Gasteiger partial charge in [-0.3, -0.25) is 4.79 Å². The largest absolute Gasteiger partial charge is 0.419 e. The van der Waals surface area contributed by atoms with E-state index in [1.165, 1.54) is 0 Å². The van der Waals surface area contributed by atoms with Crippen LogP contribution in [0, 0.1) is 5.82 Å². The third kappa shape index (κ3) is 4.18. The SMILES string of the molecule is O=C(CCCCl)Nc1ccc(F)c(C(F)(F)F)c1. The first-order valence-electron chi connectivity index (χ1n) is 5.07. The Morgan fingerprint density at radius 3 is 2.56 bits per heavy atom. The molecule has 0 fully saturated rings. The van der Waals surface area contributed by atoms with Gasteiger partial charge in [0, 0.05) is 18.0 Å². The second-order valence-corrected chi connectivity index (χ2v) is 3.91. The Kier molecular flexibility index (Phi) is 4.95. The van der Waals surface area contributed by atoms with Crippen LogP contribution in [-0.4, -0.2) is 11.8 Å². The van der Waals surface area contributed by atoms with Gasteiger partial charge in [0.25, 0.3) is 0 Å². The van der Waals surface area contributed by atoms with E-state index in [9.17, 15) is 22.4 Å². The fraction of sp³-hybridized carbons (Fsp3) is 0.364. The van der Waals surface area contributed by atoms with Crippen LogP contribution in [0.5, 0.6) is 0 Å². The summed E-state index contributed by atoms with van der Waals surface area (Å²) in [5.41, 5.74) is -1.50. The van der Waals surface area contributed by atoms with Crippen molar-refractivity contribution in [3.8, 4) is 0 Å². The number of alkyl halides is 4. The Hall–Kier alpha value is -1.30. The highest BCUT2D eigenvalue weighted by molar-refractivity contribution is 6.18. The molecule has 100 valence electrons. The molecule has 0 aliphatic rings. The Labute approximate surface area is 106 Å². The average molecular weight is 284 g/mol. The molecule has 0 heterocycles. The lowest BCUT2D eigenvalue weighted by molar-refractivity contribution is -0.140. The zero-order valence-corrected chi connectivity index (χ0v) is 9.91. The van der Waals surface area contributed by atoms with Crippen molar-refractivity contribution in [3.05, 3.63) is 29.6 Å². The summed E-state index contributed by atoms with van der Waals surface area (Å²) in [4.78, 5) is 11.3. The molecule has 2 nitrogen and oxygen atoms in total. The molecule has 0 saturated carbocycles. The standard InChI is InChI=1S/C11H10ClF4NO/c12-5-1-2-10(18)17-7-3-4-9(13)8(6-7)11(14,15)16/h3-4,6H,1-2,5H2,(H,17,18). The lowest BCUT2D eigenvalue weighted by atomic mass is 10.1. The zero-order valence-electron chi connectivity index (χ0n) is 9.15. The van der Waals surface area contributed by atoms with Gasteiger partial charge in [-0.2, -0.15) is 13.2 Å². The van der Waals surface area contributed by atoms with Gasteiger partial charge in [-0.25, -0.2) is 4.39 Å². The monoisotopic (exact) mass is 283 g/mol. The van der Waals surface area contributed by atoms with E-state index in [1.807, 2.05) is 0 Å². The average Bonchev–Trinajstić information content (AvgIpc) is 2.27. The number of benzene rings is 1. The molecule has 0 saturated heterocycles. The van der Waals surface area contributed by atoms with Crippen molar-refractivity contribution in [1.82, 2.24) is 0 Å². The van der Waals surface area contributed by atoms with Crippen molar-refractivity contribution in [3.63, 3.8) is 0 Å². The van der Waals surface area contributed by atoms with Crippen molar-refractivity contribution < 1.29 is 22.4 Å². The second-order valence-electron chi connectivity index (χ2n) is 3.53. The highest BCUT2D eigenvalue weighted by Crippen LogP contribution is 2.32. The van der Waals surface area contributed by atoms with Crippen molar-refractivity contribution in [1.29, 1.82) is 0 Å². The van der Waals surface area contributed by atoms with Gasteiger partial charge in [0.05, 0.1) is 5.56 Å². The number of nitrogens with one attached hydrogen (secondary N) is 1. The summed E-state index contributed by atoms with van der Waals surface area (Å²) in [6.45, 7) is 0. The summed E-state index contributed by atoms with van der Waals surface area (Å²) < 4.78 is 50.2. The number of carbonyl (C=O) groups is 1. The molecule has 7 heteroatoms. The molecule has 0 atom stereocenters.